The Morgan fingerprint density at radius 3 is 2.29 bits per heavy atom. The zero-order chi connectivity index (χ0) is 17.5. The van der Waals surface area contributed by atoms with Crippen molar-refractivity contribution in [1.82, 2.24) is 10.6 Å². The van der Waals surface area contributed by atoms with E-state index in [1.165, 1.54) is 20.6 Å². The van der Waals surface area contributed by atoms with Crippen LogP contribution in [0, 0.1) is 5.92 Å². The van der Waals surface area contributed by atoms with Gasteiger partial charge in [0.15, 0.2) is 0 Å². The third-order valence-electron chi connectivity index (χ3n) is 4.48. The Morgan fingerprint density at radius 2 is 1.71 bits per heavy atom. The van der Waals surface area contributed by atoms with E-state index in [0.717, 1.165) is 19.3 Å². The summed E-state index contributed by atoms with van der Waals surface area (Å²) in [6, 6.07) is 5.12. The second-order valence-electron chi connectivity index (χ2n) is 6.22. The molecule has 1 aromatic rings. The van der Waals surface area contributed by atoms with Gasteiger partial charge >= 0.3 is 0 Å². The zero-order valence-corrected chi connectivity index (χ0v) is 14.6. The van der Waals surface area contributed by atoms with Crippen LogP contribution in [0.1, 0.15) is 43.0 Å². The average Bonchev–Trinajstić information content (AvgIpc) is 2.61. The molecule has 0 saturated heterocycles. The SMILES string of the molecule is COc1cc(OC)cc(C(=O)NCC(=O)NC2CCCCC2C)c1. The average molecular weight is 334 g/mol. The number of carbonyl (C=O) groups is 2. The molecule has 132 valence electrons. The highest BCUT2D eigenvalue weighted by Crippen LogP contribution is 2.24. The lowest BCUT2D eigenvalue weighted by Crippen LogP contribution is -2.45. The lowest BCUT2D eigenvalue weighted by molar-refractivity contribution is -0.121. The Bertz CT molecular complexity index is 566. The molecule has 2 rings (SSSR count). The molecule has 1 saturated carbocycles. The van der Waals surface area contributed by atoms with Crippen molar-refractivity contribution in [3.8, 4) is 11.5 Å². The Labute approximate surface area is 142 Å². The molecule has 2 amide bonds. The maximum atomic E-state index is 12.2. The molecule has 1 aliphatic rings. The molecule has 0 radical (unpaired) electrons. The van der Waals surface area contributed by atoms with Gasteiger partial charge in [0.1, 0.15) is 11.5 Å². The summed E-state index contributed by atoms with van der Waals surface area (Å²) >= 11 is 0. The van der Waals surface area contributed by atoms with E-state index in [2.05, 4.69) is 17.6 Å². The van der Waals surface area contributed by atoms with Crippen LogP contribution in [-0.4, -0.2) is 38.6 Å². The van der Waals surface area contributed by atoms with Gasteiger partial charge in [-0.1, -0.05) is 19.8 Å². The Hall–Kier alpha value is -2.24. The molecule has 1 aromatic carbocycles. The van der Waals surface area contributed by atoms with E-state index in [4.69, 9.17) is 9.47 Å². The standard InChI is InChI=1S/C18H26N2O4/c1-12-6-4-5-7-16(12)20-17(21)11-19-18(22)13-8-14(23-2)10-15(9-13)24-3/h8-10,12,16H,4-7,11H2,1-3H3,(H,19,22)(H,20,21). The first-order chi connectivity index (χ1) is 11.5. The third kappa shape index (κ3) is 4.88. The van der Waals surface area contributed by atoms with Gasteiger partial charge in [-0.25, -0.2) is 0 Å². The van der Waals surface area contributed by atoms with E-state index in [0.29, 0.717) is 23.0 Å². The van der Waals surface area contributed by atoms with Crippen LogP contribution in [0.2, 0.25) is 0 Å². The summed E-state index contributed by atoms with van der Waals surface area (Å²) < 4.78 is 10.3. The summed E-state index contributed by atoms with van der Waals surface area (Å²) in [6.07, 6.45) is 4.52. The molecule has 0 spiro atoms. The van der Waals surface area contributed by atoms with Gasteiger partial charge in [-0.3, -0.25) is 9.59 Å². The van der Waals surface area contributed by atoms with Gasteiger partial charge in [-0.05, 0) is 30.9 Å². The first-order valence-electron chi connectivity index (χ1n) is 8.34. The van der Waals surface area contributed by atoms with Gasteiger partial charge in [0.25, 0.3) is 5.91 Å². The van der Waals surface area contributed by atoms with Crippen molar-refractivity contribution in [3.05, 3.63) is 23.8 Å². The normalized spacial score (nSPS) is 20.1. The quantitative estimate of drug-likeness (QED) is 0.835. The minimum absolute atomic E-state index is 0.0401. The van der Waals surface area contributed by atoms with E-state index < -0.39 is 0 Å². The van der Waals surface area contributed by atoms with Gasteiger partial charge in [0, 0.05) is 17.7 Å². The maximum absolute atomic E-state index is 12.2. The van der Waals surface area contributed by atoms with E-state index in [1.54, 1.807) is 18.2 Å². The van der Waals surface area contributed by atoms with Gasteiger partial charge < -0.3 is 20.1 Å². The van der Waals surface area contributed by atoms with Crippen LogP contribution in [-0.2, 0) is 4.79 Å². The molecule has 0 aromatic heterocycles. The van der Waals surface area contributed by atoms with Crippen LogP contribution >= 0.6 is 0 Å². The number of methoxy groups -OCH3 is 2. The molecule has 1 fully saturated rings. The van der Waals surface area contributed by atoms with Crippen LogP contribution in [0.3, 0.4) is 0 Å². The van der Waals surface area contributed by atoms with Crippen molar-refractivity contribution in [2.24, 2.45) is 5.92 Å². The molecule has 0 aliphatic heterocycles. The second-order valence-corrected chi connectivity index (χ2v) is 6.22. The summed E-state index contributed by atoms with van der Waals surface area (Å²) in [5, 5.41) is 5.66. The smallest absolute Gasteiger partial charge is 0.251 e. The maximum Gasteiger partial charge on any atom is 0.251 e. The zero-order valence-electron chi connectivity index (χ0n) is 14.6. The number of rotatable bonds is 6. The number of benzene rings is 1. The Kier molecular flexibility index (Phi) is 6.46. The number of amides is 2. The van der Waals surface area contributed by atoms with Gasteiger partial charge in [-0.15, -0.1) is 0 Å². The van der Waals surface area contributed by atoms with Crippen LogP contribution < -0.4 is 20.1 Å². The van der Waals surface area contributed by atoms with Crippen molar-refractivity contribution in [3.63, 3.8) is 0 Å². The van der Waals surface area contributed by atoms with Crippen LogP contribution in [0.25, 0.3) is 0 Å². The van der Waals surface area contributed by atoms with Crippen molar-refractivity contribution < 1.29 is 19.1 Å². The first-order valence-corrected chi connectivity index (χ1v) is 8.34. The molecule has 0 heterocycles. The van der Waals surface area contributed by atoms with Crippen LogP contribution in [0.15, 0.2) is 18.2 Å². The van der Waals surface area contributed by atoms with Crippen molar-refractivity contribution >= 4 is 11.8 Å². The summed E-state index contributed by atoms with van der Waals surface area (Å²) in [5.74, 6) is 1.05. The summed E-state index contributed by atoms with van der Waals surface area (Å²) in [5.41, 5.74) is 0.394. The lowest BCUT2D eigenvalue weighted by Gasteiger charge is -2.29. The second kappa shape index (κ2) is 8.57. The van der Waals surface area contributed by atoms with E-state index >= 15 is 0 Å². The summed E-state index contributed by atoms with van der Waals surface area (Å²) in [4.78, 5) is 24.3. The van der Waals surface area contributed by atoms with Gasteiger partial charge in [-0.2, -0.15) is 0 Å². The molecule has 2 atom stereocenters. The van der Waals surface area contributed by atoms with E-state index in [9.17, 15) is 9.59 Å². The third-order valence-corrected chi connectivity index (χ3v) is 4.48. The van der Waals surface area contributed by atoms with Crippen molar-refractivity contribution in [1.29, 1.82) is 0 Å². The largest absolute Gasteiger partial charge is 0.497 e. The van der Waals surface area contributed by atoms with Gasteiger partial charge in [0.2, 0.25) is 5.91 Å². The minimum atomic E-state index is -0.334. The molecule has 2 N–H and O–H groups in total. The highest BCUT2D eigenvalue weighted by molar-refractivity contribution is 5.97. The molecule has 1 aliphatic carbocycles. The predicted molar refractivity (Wildman–Crippen MR) is 91.4 cm³/mol. The van der Waals surface area contributed by atoms with E-state index in [1.807, 2.05) is 0 Å². The highest BCUT2D eigenvalue weighted by atomic mass is 16.5. The van der Waals surface area contributed by atoms with E-state index in [-0.39, 0.29) is 24.4 Å². The predicted octanol–water partition coefficient (Wildman–Crippen LogP) is 2.13. The van der Waals surface area contributed by atoms with Crippen LogP contribution in [0.5, 0.6) is 11.5 Å². The van der Waals surface area contributed by atoms with Gasteiger partial charge in [0.05, 0.1) is 20.8 Å². The fourth-order valence-electron chi connectivity index (χ4n) is 2.99. The molecule has 2 unspecified atom stereocenters. The fourth-order valence-corrected chi connectivity index (χ4v) is 2.99. The van der Waals surface area contributed by atoms with Crippen molar-refractivity contribution in [2.45, 2.75) is 38.6 Å². The number of nitrogens with one attached hydrogen (secondary N) is 2. The lowest BCUT2D eigenvalue weighted by atomic mass is 9.86. The molecule has 0 bridgehead atoms. The molecule has 24 heavy (non-hydrogen) atoms. The highest BCUT2D eigenvalue weighted by Gasteiger charge is 2.22. The minimum Gasteiger partial charge on any atom is -0.497 e. The molecule has 6 heteroatoms. The Balaban J connectivity index is 1.89. The first kappa shape index (κ1) is 18.1. The number of ether oxygens (including phenoxy) is 2. The molecular weight excluding hydrogens is 308 g/mol. The van der Waals surface area contributed by atoms with Crippen molar-refractivity contribution in [2.75, 3.05) is 20.8 Å². The topological polar surface area (TPSA) is 76.7 Å². The summed E-state index contributed by atoms with van der Waals surface area (Å²) in [7, 11) is 3.05. The van der Waals surface area contributed by atoms with Crippen LogP contribution in [0.4, 0.5) is 0 Å². The Morgan fingerprint density at radius 1 is 1.08 bits per heavy atom. The number of hydrogen-bond acceptors (Lipinski definition) is 4. The molecule has 6 nitrogen and oxygen atoms in total. The number of carbonyl (C=O) groups excluding carboxylic acids is 2. The molecular formula is C18H26N2O4. The fraction of sp³-hybridized carbons (Fsp3) is 0.556. The monoisotopic (exact) mass is 334 g/mol. The summed E-state index contributed by atoms with van der Waals surface area (Å²) in [6.45, 7) is 2.12. The number of hydrogen-bond donors (Lipinski definition) is 2.